The molecule has 0 bridgehead atoms. The number of rotatable bonds is 10. The van der Waals surface area contributed by atoms with Crippen LogP contribution in [0.5, 0.6) is 0 Å². The zero-order chi connectivity index (χ0) is 35.1. The van der Waals surface area contributed by atoms with Gasteiger partial charge in [0.25, 0.3) is 0 Å². The van der Waals surface area contributed by atoms with Crippen molar-refractivity contribution >= 4 is 79.5 Å². The predicted octanol–water partition coefficient (Wildman–Crippen LogP) is 9.43. The molecule has 258 valence electrons. The third-order valence-electron chi connectivity index (χ3n) is 8.92. The molecule has 0 unspecified atom stereocenters. The molecule has 2 atom stereocenters. The summed E-state index contributed by atoms with van der Waals surface area (Å²) >= 11 is -0.346. The molecule has 2 nitrogen and oxygen atoms in total. The Morgan fingerprint density at radius 1 is 0.431 bits per heavy atom. The summed E-state index contributed by atoms with van der Waals surface area (Å²) < 4.78 is 0. The zero-order valence-electron chi connectivity index (χ0n) is 28.2. The standard InChI is InChI=1S/C44H40N2P2.2ClH.Ru/c1-5-21-37(22-6-1)47(38-23-7-2-8-24-38)43-31-17-13-19-35(43)33-45-41-29-15-16-30-42(41)46-34-36-20-14-18-32-44(36)48(39-25-9-3-10-26-39)40-27-11-4-12-28-40;;;/h1-14,17-28,31-34,41-42H,15-16,29-30H2;2*1H;/q;;;+2/p-2/t41-,42-;;;/m0.../s1. The Hall–Kier alpha value is -3.28. The Kier molecular flexibility index (Phi) is 14.8. The fourth-order valence-corrected chi connectivity index (χ4v) is 11.4. The van der Waals surface area contributed by atoms with Crippen molar-refractivity contribution in [2.24, 2.45) is 9.98 Å². The molecule has 1 aliphatic rings. The molecule has 1 saturated carbocycles. The van der Waals surface area contributed by atoms with E-state index in [2.05, 4.69) is 182 Å². The molecule has 0 amide bonds. The molecule has 0 aromatic heterocycles. The van der Waals surface area contributed by atoms with Crippen LogP contribution < -0.4 is 31.8 Å². The summed E-state index contributed by atoms with van der Waals surface area (Å²) in [5.74, 6) is 0. The molecule has 7 rings (SSSR count). The van der Waals surface area contributed by atoms with E-state index in [1.165, 1.54) is 55.8 Å². The average molecular weight is 831 g/mol. The third-order valence-corrected chi connectivity index (χ3v) is 14.0. The molecule has 1 aliphatic carbocycles. The number of hydrogen-bond donors (Lipinski definition) is 0. The fraction of sp³-hybridized carbons (Fsp3) is 0.136. The topological polar surface area (TPSA) is 24.7 Å². The van der Waals surface area contributed by atoms with Gasteiger partial charge >= 0.3 is 34.5 Å². The summed E-state index contributed by atoms with van der Waals surface area (Å²) in [7, 11) is 8.28. The Morgan fingerprint density at radius 3 is 1.02 bits per heavy atom. The van der Waals surface area contributed by atoms with Crippen LogP contribution in [0.15, 0.2) is 180 Å². The van der Waals surface area contributed by atoms with E-state index in [4.69, 9.17) is 29.4 Å². The van der Waals surface area contributed by atoms with E-state index in [-0.39, 0.29) is 27.2 Å². The van der Waals surface area contributed by atoms with Crippen LogP contribution in [-0.4, -0.2) is 24.5 Å². The second-order valence-corrected chi connectivity index (χ2v) is 19.2. The van der Waals surface area contributed by atoms with Crippen LogP contribution in [0.1, 0.15) is 36.8 Å². The maximum atomic E-state index is 5.31. The number of halogens is 2. The van der Waals surface area contributed by atoms with Gasteiger partial charge in [-0.2, -0.15) is 0 Å². The first-order valence-electron chi connectivity index (χ1n) is 17.2. The van der Waals surface area contributed by atoms with Crippen LogP contribution in [0.3, 0.4) is 0 Å². The van der Waals surface area contributed by atoms with E-state index in [9.17, 15) is 0 Å². The van der Waals surface area contributed by atoms with E-state index >= 15 is 0 Å². The first-order chi connectivity index (χ1) is 25.3. The van der Waals surface area contributed by atoms with Crippen molar-refractivity contribution in [1.29, 1.82) is 0 Å². The normalized spacial score (nSPS) is 16.1. The summed E-state index contributed by atoms with van der Waals surface area (Å²) in [6.07, 6.45) is 8.81. The monoisotopic (exact) mass is 830 g/mol. The van der Waals surface area contributed by atoms with Gasteiger partial charge in [0.2, 0.25) is 0 Å². The van der Waals surface area contributed by atoms with Gasteiger partial charge in [0.15, 0.2) is 0 Å². The first-order valence-corrected chi connectivity index (χ1v) is 24.3. The molecule has 0 spiro atoms. The van der Waals surface area contributed by atoms with E-state index in [1.54, 1.807) is 0 Å². The maximum absolute atomic E-state index is 5.31. The number of nitrogens with zero attached hydrogens (tertiary/aromatic N) is 2. The molecule has 7 heteroatoms. The summed E-state index contributed by atoms with van der Waals surface area (Å²) in [6, 6.07) is 61.7. The zero-order valence-corrected chi connectivity index (χ0v) is 33.2. The quantitative estimate of drug-likeness (QED) is 0.0748. The van der Waals surface area contributed by atoms with Gasteiger partial charge in [-0.15, -0.1) is 0 Å². The Balaban J connectivity index is 0.00000144. The van der Waals surface area contributed by atoms with Crippen LogP contribution in [0.4, 0.5) is 0 Å². The van der Waals surface area contributed by atoms with Crippen molar-refractivity contribution in [3.8, 4) is 0 Å². The van der Waals surface area contributed by atoms with Crippen LogP contribution in [-0.2, 0) is 15.1 Å². The molecule has 0 saturated heterocycles. The van der Waals surface area contributed by atoms with E-state index < -0.39 is 15.8 Å². The van der Waals surface area contributed by atoms with Gasteiger partial charge in [-0.1, -0.05) is 183 Å². The second-order valence-electron chi connectivity index (χ2n) is 12.2. The number of aliphatic imine (C=N–C) groups is 2. The number of benzene rings is 6. The number of hydrogen-bond acceptors (Lipinski definition) is 2. The second kappa shape index (κ2) is 20.1. The van der Waals surface area contributed by atoms with Gasteiger partial charge in [-0.25, -0.2) is 0 Å². The Labute approximate surface area is 321 Å². The molecule has 0 aliphatic heterocycles. The van der Waals surface area contributed by atoms with Gasteiger partial charge in [0.1, 0.15) is 0 Å². The van der Waals surface area contributed by atoms with Crippen LogP contribution in [0, 0.1) is 0 Å². The van der Waals surface area contributed by atoms with Crippen molar-refractivity contribution in [2.45, 2.75) is 37.8 Å². The minimum absolute atomic E-state index is 0.166. The fourth-order valence-electron chi connectivity index (χ4n) is 6.55. The van der Waals surface area contributed by atoms with Crippen molar-refractivity contribution in [1.82, 2.24) is 0 Å². The van der Waals surface area contributed by atoms with Crippen molar-refractivity contribution < 1.29 is 15.1 Å². The molecule has 0 radical (unpaired) electrons. The van der Waals surface area contributed by atoms with Crippen LogP contribution >= 0.6 is 35.2 Å². The summed E-state index contributed by atoms with van der Waals surface area (Å²) in [5, 5.41) is 8.09. The van der Waals surface area contributed by atoms with Gasteiger partial charge in [0.05, 0.1) is 12.1 Å². The molecule has 1 fully saturated rings. The van der Waals surface area contributed by atoms with Gasteiger partial charge in [-0.3, -0.25) is 9.98 Å². The molecule has 6 aromatic carbocycles. The van der Waals surface area contributed by atoms with Gasteiger partial charge in [0, 0.05) is 23.6 Å². The molecular weight excluding hydrogens is 790 g/mol. The van der Waals surface area contributed by atoms with Gasteiger partial charge < -0.3 is 0 Å². The SMILES string of the molecule is C(=N[C@H]1CCCC[C@@H]1N=Cc1ccccc1P(c1ccccc1)c1ccccc1)c1ccccc1P(c1ccccc1)c1ccccc1.[Cl][Ru][Cl]. The van der Waals surface area contributed by atoms with Crippen LogP contribution in [0.25, 0.3) is 0 Å². The van der Waals surface area contributed by atoms with Gasteiger partial charge in [-0.05, 0) is 60.5 Å². The van der Waals surface area contributed by atoms with Crippen LogP contribution in [0.2, 0.25) is 0 Å². The molecule has 6 aromatic rings. The third kappa shape index (κ3) is 10.2. The molecule has 51 heavy (non-hydrogen) atoms. The molecule has 0 heterocycles. The first kappa shape index (κ1) is 37.5. The minimum atomic E-state index is -0.712. The Bertz CT molecular complexity index is 1760. The average Bonchev–Trinajstić information content (AvgIpc) is 3.20. The van der Waals surface area contributed by atoms with E-state index in [0.717, 1.165) is 12.8 Å². The summed E-state index contributed by atoms with van der Waals surface area (Å²) in [6.45, 7) is 0. The summed E-state index contributed by atoms with van der Waals surface area (Å²) in [4.78, 5) is 10.6. The molecular formula is C44H40Cl2N2P2Ru. The van der Waals surface area contributed by atoms with Crippen molar-refractivity contribution in [3.63, 3.8) is 0 Å². The molecule has 0 N–H and O–H groups in total. The Morgan fingerprint density at radius 2 is 0.706 bits per heavy atom. The summed E-state index contributed by atoms with van der Waals surface area (Å²) in [5.41, 5.74) is 2.40. The van der Waals surface area contributed by atoms with E-state index in [0.29, 0.717) is 0 Å². The van der Waals surface area contributed by atoms with Crippen molar-refractivity contribution in [3.05, 3.63) is 181 Å². The van der Waals surface area contributed by atoms with Crippen molar-refractivity contribution in [2.75, 3.05) is 0 Å². The van der Waals surface area contributed by atoms with E-state index in [1.807, 2.05) is 0 Å². The predicted molar refractivity (Wildman–Crippen MR) is 223 cm³/mol.